The minimum Gasteiger partial charge on any atom is -0.489 e. The summed E-state index contributed by atoms with van der Waals surface area (Å²) in [6, 6.07) is 8.60. The van der Waals surface area contributed by atoms with Crippen molar-refractivity contribution < 1.29 is 4.74 Å². The van der Waals surface area contributed by atoms with Crippen LogP contribution in [0.2, 0.25) is 0 Å². The average Bonchev–Trinajstić information content (AvgIpc) is 2.67. The molecule has 0 amide bonds. The zero-order valence-corrected chi connectivity index (χ0v) is 14.7. The maximum Gasteiger partial charge on any atom is 0.144 e. The van der Waals surface area contributed by atoms with Gasteiger partial charge in [0.15, 0.2) is 0 Å². The molecule has 2 aromatic rings. The summed E-state index contributed by atoms with van der Waals surface area (Å²) < 4.78 is 6.06. The normalized spacial score (nSPS) is 19.6. The third-order valence-corrected chi connectivity index (χ3v) is 4.91. The van der Waals surface area contributed by atoms with Crippen molar-refractivity contribution >= 4 is 23.0 Å². The molecule has 1 aromatic carbocycles. The van der Waals surface area contributed by atoms with Gasteiger partial charge in [0.25, 0.3) is 0 Å². The zero-order chi connectivity index (χ0) is 17.2. The van der Waals surface area contributed by atoms with E-state index in [2.05, 4.69) is 55.5 Å². The van der Waals surface area contributed by atoms with E-state index in [1.807, 2.05) is 13.1 Å². The molecule has 1 saturated heterocycles. The van der Waals surface area contributed by atoms with E-state index in [0.29, 0.717) is 6.04 Å². The molecule has 7 nitrogen and oxygen atoms in total. The first kappa shape index (κ1) is 16.0. The van der Waals surface area contributed by atoms with E-state index in [-0.39, 0.29) is 0 Å². The Morgan fingerprint density at radius 1 is 1.20 bits per heavy atom. The Morgan fingerprint density at radius 2 is 2.08 bits per heavy atom. The highest BCUT2D eigenvalue weighted by Crippen LogP contribution is 2.37. The Hall–Kier alpha value is -2.54. The molecule has 0 aliphatic carbocycles. The maximum absolute atomic E-state index is 6.06. The van der Waals surface area contributed by atoms with Crippen LogP contribution in [0.15, 0.2) is 30.6 Å². The van der Waals surface area contributed by atoms with Crippen LogP contribution in [0.25, 0.3) is 0 Å². The van der Waals surface area contributed by atoms with Gasteiger partial charge in [0.2, 0.25) is 0 Å². The summed E-state index contributed by atoms with van der Waals surface area (Å²) in [5.41, 5.74) is 2.15. The fourth-order valence-corrected chi connectivity index (χ4v) is 3.51. The predicted octanol–water partition coefficient (Wildman–Crippen LogP) is 2.16. The second kappa shape index (κ2) is 6.76. The van der Waals surface area contributed by atoms with Gasteiger partial charge in [0.05, 0.1) is 11.7 Å². The van der Waals surface area contributed by atoms with E-state index in [1.54, 1.807) is 6.33 Å². The molecule has 4 rings (SSSR count). The molecule has 0 spiro atoms. The summed E-state index contributed by atoms with van der Waals surface area (Å²) >= 11 is 0. The van der Waals surface area contributed by atoms with E-state index in [9.17, 15) is 0 Å². The van der Waals surface area contributed by atoms with Crippen molar-refractivity contribution in [3.63, 3.8) is 0 Å². The summed E-state index contributed by atoms with van der Waals surface area (Å²) in [4.78, 5) is 13.4. The molecular formula is C18H24N6O. The van der Waals surface area contributed by atoms with Gasteiger partial charge >= 0.3 is 0 Å². The number of likely N-dealkylation sites (N-methyl/N-ethyl adjacent to an activating group) is 1. The van der Waals surface area contributed by atoms with Gasteiger partial charge in [-0.25, -0.2) is 9.97 Å². The average molecular weight is 340 g/mol. The molecular weight excluding hydrogens is 316 g/mol. The molecule has 0 bridgehead atoms. The molecule has 7 heteroatoms. The number of hydrogen-bond acceptors (Lipinski definition) is 7. The van der Waals surface area contributed by atoms with E-state index in [1.165, 1.54) is 5.69 Å². The number of rotatable bonds is 4. The number of nitrogens with one attached hydrogen (secondary N) is 2. The first-order valence-corrected chi connectivity index (χ1v) is 8.79. The Bertz CT molecular complexity index is 752. The lowest BCUT2D eigenvalue weighted by Crippen LogP contribution is -2.57. The van der Waals surface area contributed by atoms with Gasteiger partial charge in [-0.3, -0.25) is 4.90 Å². The summed E-state index contributed by atoms with van der Waals surface area (Å²) in [5.74, 6) is 2.47. The summed E-state index contributed by atoms with van der Waals surface area (Å²) in [6.45, 7) is 7.30. The number of aromatic nitrogens is 2. The summed E-state index contributed by atoms with van der Waals surface area (Å²) in [5, 5.41) is 6.34. The van der Waals surface area contributed by atoms with Crippen molar-refractivity contribution in [2.75, 3.05) is 55.4 Å². The van der Waals surface area contributed by atoms with Gasteiger partial charge in [-0.2, -0.15) is 0 Å². The highest BCUT2D eigenvalue weighted by atomic mass is 16.5. The van der Waals surface area contributed by atoms with E-state index >= 15 is 0 Å². The van der Waals surface area contributed by atoms with Crippen molar-refractivity contribution in [2.24, 2.45) is 0 Å². The molecule has 0 radical (unpaired) electrons. The molecule has 0 saturated carbocycles. The lowest BCUT2D eigenvalue weighted by Gasteiger charge is -2.45. The molecule has 3 heterocycles. The SMILES string of the molecule is CCN1CCN2c3ccc(Nc4cc(NC)ncn4)cc3OC[C@H]2C1. The summed E-state index contributed by atoms with van der Waals surface area (Å²) in [6.07, 6.45) is 1.54. The number of piperazine rings is 1. The predicted molar refractivity (Wildman–Crippen MR) is 100 cm³/mol. The molecule has 1 atom stereocenters. The second-order valence-corrected chi connectivity index (χ2v) is 6.40. The van der Waals surface area contributed by atoms with Crippen molar-refractivity contribution in [2.45, 2.75) is 13.0 Å². The van der Waals surface area contributed by atoms with E-state index in [4.69, 9.17) is 4.74 Å². The minimum absolute atomic E-state index is 0.445. The number of nitrogens with zero attached hydrogens (tertiary/aromatic N) is 4. The first-order chi connectivity index (χ1) is 12.3. The van der Waals surface area contributed by atoms with Gasteiger partial charge in [-0.1, -0.05) is 6.92 Å². The lowest BCUT2D eigenvalue weighted by molar-refractivity contribution is 0.172. The van der Waals surface area contributed by atoms with Gasteiger partial charge < -0.3 is 20.3 Å². The molecule has 1 aromatic heterocycles. The third-order valence-electron chi connectivity index (χ3n) is 4.91. The van der Waals surface area contributed by atoms with Crippen molar-refractivity contribution in [3.05, 3.63) is 30.6 Å². The van der Waals surface area contributed by atoms with Crippen molar-refractivity contribution in [3.8, 4) is 5.75 Å². The van der Waals surface area contributed by atoms with Crippen LogP contribution >= 0.6 is 0 Å². The van der Waals surface area contributed by atoms with Crippen LogP contribution in [-0.4, -0.2) is 60.7 Å². The van der Waals surface area contributed by atoms with Gasteiger partial charge in [0, 0.05) is 44.5 Å². The Labute approximate surface area is 148 Å². The Balaban J connectivity index is 1.53. The third kappa shape index (κ3) is 3.19. The van der Waals surface area contributed by atoms with Crippen molar-refractivity contribution in [1.82, 2.24) is 14.9 Å². The Morgan fingerprint density at radius 3 is 2.92 bits per heavy atom. The van der Waals surface area contributed by atoms with Crippen LogP contribution in [-0.2, 0) is 0 Å². The summed E-state index contributed by atoms with van der Waals surface area (Å²) in [7, 11) is 1.84. The molecule has 2 aliphatic rings. The number of ether oxygens (including phenoxy) is 1. The van der Waals surface area contributed by atoms with Gasteiger partial charge in [-0.05, 0) is 18.7 Å². The molecule has 25 heavy (non-hydrogen) atoms. The number of fused-ring (bicyclic) bond motifs is 3. The van der Waals surface area contributed by atoms with E-state index < -0.39 is 0 Å². The van der Waals surface area contributed by atoms with Crippen LogP contribution in [0, 0.1) is 0 Å². The van der Waals surface area contributed by atoms with Crippen LogP contribution in [0.4, 0.5) is 23.0 Å². The second-order valence-electron chi connectivity index (χ2n) is 6.40. The maximum atomic E-state index is 6.06. The molecule has 2 N–H and O–H groups in total. The highest BCUT2D eigenvalue weighted by molar-refractivity contribution is 5.69. The Kier molecular flexibility index (Phi) is 4.31. The van der Waals surface area contributed by atoms with E-state index in [0.717, 1.165) is 55.9 Å². The molecule has 1 fully saturated rings. The topological polar surface area (TPSA) is 65.5 Å². The van der Waals surface area contributed by atoms with Crippen LogP contribution in [0.5, 0.6) is 5.75 Å². The zero-order valence-electron chi connectivity index (χ0n) is 14.7. The fourth-order valence-electron chi connectivity index (χ4n) is 3.51. The smallest absolute Gasteiger partial charge is 0.144 e. The first-order valence-electron chi connectivity index (χ1n) is 8.79. The number of anilines is 4. The van der Waals surface area contributed by atoms with Gasteiger partial charge in [-0.15, -0.1) is 0 Å². The van der Waals surface area contributed by atoms with Crippen LogP contribution < -0.4 is 20.3 Å². The fraction of sp³-hybridized carbons (Fsp3) is 0.444. The molecule has 0 unspecified atom stereocenters. The quantitative estimate of drug-likeness (QED) is 0.884. The largest absolute Gasteiger partial charge is 0.489 e. The minimum atomic E-state index is 0.445. The van der Waals surface area contributed by atoms with Crippen LogP contribution in [0.1, 0.15) is 6.92 Å². The van der Waals surface area contributed by atoms with Crippen LogP contribution in [0.3, 0.4) is 0 Å². The monoisotopic (exact) mass is 340 g/mol. The lowest BCUT2D eigenvalue weighted by atomic mass is 10.1. The standard InChI is InChI=1S/C18H24N6O/c1-3-23-6-7-24-14(10-23)11-25-16-8-13(4-5-15(16)24)22-18-9-17(19-2)20-12-21-18/h4-5,8-9,12,14H,3,6-7,10-11H2,1-2H3,(H2,19,20,21,22)/t14-/m1/s1. The number of benzene rings is 1. The molecule has 2 aliphatic heterocycles. The van der Waals surface area contributed by atoms with Gasteiger partial charge in [0.1, 0.15) is 30.3 Å². The number of hydrogen-bond donors (Lipinski definition) is 2. The van der Waals surface area contributed by atoms with Crippen molar-refractivity contribution in [1.29, 1.82) is 0 Å². The highest BCUT2D eigenvalue weighted by Gasteiger charge is 2.32. The molecule has 132 valence electrons.